The first-order valence-corrected chi connectivity index (χ1v) is 6.32. The predicted molar refractivity (Wildman–Crippen MR) is 70.8 cm³/mol. The van der Waals surface area contributed by atoms with Crippen LogP contribution < -0.4 is 4.74 Å². The SMILES string of the molecule is C/C=C1\c2cc(Cl)ccc2OC1CC(=O)OCC. The standard InChI is InChI=1S/C14H15ClO3/c1-3-10-11-7-9(15)5-6-12(11)18-13(10)8-14(16)17-4-2/h3,5-7,13H,4,8H2,1-2H3/b10-3+. The molecule has 0 saturated heterocycles. The molecular weight excluding hydrogens is 252 g/mol. The second kappa shape index (κ2) is 5.44. The third-order valence-electron chi connectivity index (χ3n) is 2.84. The molecule has 2 rings (SSSR count). The van der Waals surface area contributed by atoms with Gasteiger partial charge in [-0.05, 0) is 37.6 Å². The van der Waals surface area contributed by atoms with E-state index in [2.05, 4.69) is 0 Å². The number of ether oxygens (including phenoxy) is 2. The van der Waals surface area contributed by atoms with Gasteiger partial charge in [-0.25, -0.2) is 0 Å². The summed E-state index contributed by atoms with van der Waals surface area (Å²) < 4.78 is 10.7. The van der Waals surface area contributed by atoms with E-state index in [1.54, 1.807) is 13.0 Å². The molecule has 0 amide bonds. The number of carbonyl (C=O) groups excluding carboxylic acids is 1. The average Bonchev–Trinajstić information content (AvgIpc) is 2.65. The summed E-state index contributed by atoms with van der Waals surface area (Å²) in [7, 11) is 0. The van der Waals surface area contributed by atoms with Gasteiger partial charge < -0.3 is 9.47 Å². The van der Waals surface area contributed by atoms with E-state index < -0.39 is 0 Å². The third kappa shape index (κ3) is 2.51. The van der Waals surface area contributed by atoms with Crippen LogP contribution in [0.4, 0.5) is 0 Å². The first-order valence-electron chi connectivity index (χ1n) is 5.94. The number of allylic oxidation sites excluding steroid dienone is 1. The van der Waals surface area contributed by atoms with E-state index >= 15 is 0 Å². The number of esters is 1. The molecule has 96 valence electrons. The molecule has 0 fully saturated rings. The zero-order valence-corrected chi connectivity index (χ0v) is 11.2. The maximum atomic E-state index is 11.5. The van der Waals surface area contributed by atoms with E-state index in [0.717, 1.165) is 16.9 Å². The van der Waals surface area contributed by atoms with Crippen LogP contribution in [0.1, 0.15) is 25.8 Å². The first kappa shape index (κ1) is 13.0. The molecule has 1 aromatic carbocycles. The molecule has 1 unspecified atom stereocenters. The maximum Gasteiger partial charge on any atom is 0.309 e. The summed E-state index contributed by atoms with van der Waals surface area (Å²) in [4.78, 5) is 11.5. The van der Waals surface area contributed by atoms with E-state index in [1.807, 2.05) is 25.1 Å². The first-order chi connectivity index (χ1) is 8.65. The van der Waals surface area contributed by atoms with Crippen LogP contribution in [0.15, 0.2) is 24.3 Å². The van der Waals surface area contributed by atoms with E-state index in [1.165, 1.54) is 0 Å². The summed E-state index contributed by atoms with van der Waals surface area (Å²) in [5, 5.41) is 0.661. The molecule has 1 aliphatic rings. The van der Waals surface area contributed by atoms with Gasteiger partial charge in [-0.2, -0.15) is 0 Å². The monoisotopic (exact) mass is 266 g/mol. The molecule has 1 aromatic rings. The Morgan fingerprint density at radius 3 is 3.00 bits per heavy atom. The summed E-state index contributed by atoms with van der Waals surface area (Å²) in [6.45, 7) is 4.10. The van der Waals surface area contributed by atoms with Crippen molar-refractivity contribution in [3.63, 3.8) is 0 Å². The Morgan fingerprint density at radius 1 is 1.56 bits per heavy atom. The summed E-state index contributed by atoms with van der Waals surface area (Å²) in [5.74, 6) is 0.516. The van der Waals surface area contributed by atoms with Crippen LogP contribution in [-0.4, -0.2) is 18.7 Å². The number of halogens is 1. The van der Waals surface area contributed by atoms with Gasteiger partial charge in [0.2, 0.25) is 0 Å². The highest BCUT2D eigenvalue weighted by Gasteiger charge is 2.30. The minimum absolute atomic E-state index is 0.222. The van der Waals surface area contributed by atoms with Gasteiger partial charge in [0, 0.05) is 10.6 Å². The van der Waals surface area contributed by atoms with Crippen molar-refractivity contribution in [2.45, 2.75) is 26.4 Å². The topological polar surface area (TPSA) is 35.5 Å². The van der Waals surface area contributed by atoms with Crippen molar-refractivity contribution in [1.82, 2.24) is 0 Å². The van der Waals surface area contributed by atoms with Crippen molar-refractivity contribution < 1.29 is 14.3 Å². The Balaban J connectivity index is 2.21. The molecule has 1 aliphatic heterocycles. The van der Waals surface area contributed by atoms with Crippen molar-refractivity contribution in [3.05, 3.63) is 34.9 Å². The highest BCUT2D eigenvalue weighted by molar-refractivity contribution is 6.30. The second-order valence-corrected chi connectivity index (χ2v) is 4.44. The van der Waals surface area contributed by atoms with Gasteiger partial charge in [0.25, 0.3) is 0 Å². The Hall–Kier alpha value is -1.48. The van der Waals surface area contributed by atoms with Crippen LogP contribution in [0, 0.1) is 0 Å². The van der Waals surface area contributed by atoms with Crippen LogP contribution in [-0.2, 0) is 9.53 Å². The molecule has 0 aliphatic carbocycles. The fourth-order valence-electron chi connectivity index (χ4n) is 2.09. The van der Waals surface area contributed by atoms with Gasteiger partial charge in [-0.3, -0.25) is 4.79 Å². The molecule has 1 atom stereocenters. The minimum atomic E-state index is -0.275. The maximum absolute atomic E-state index is 11.5. The molecule has 3 nitrogen and oxygen atoms in total. The van der Waals surface area contributed by atoms with E-state index in [9.17, 15) is 4.79 Å². The minimum Gasteiger partial charge on any atom is -0.484 e. The average molecular weight is 267 g/mol. The van der Waals surface area contributed by atoms with E-state index in [0.29, 0.717) is 11.6 Å². The van der Waals surface area contributed by atoms with Crippen molar-refractivity contribution in [1.29, 1.82) is 0 Å². The quantitative estimate of drug-likeness (QED) is 0.786. The smallest absolute Gasteiger partial charge is 0.309 e. The molecule has 0 radical (unpaired) electrons. The number of rotatable bonds is 3. The Bertz CT molecular complexity index is 494. The molecular formula is C14H15ClO3. The van der Waals surface area contributed by atoms with Gasteiger partial charge in [-0.1, -0.05) is 17.7 Å². The van der Waals surface area contributed by atoms with Gasteiger partial charge >= 0.3 is 5.97 Å². The lowest BCUT2D eigenvalue weighted by molar-refractivity contribution is -0.144. The normalized spacial score (nSPS) is 19.5. The highest BCUT2D eigenvalue weighted by Crippen LogP contribution is 2.40. The number of benzene rings is 1. The fourth-order valence-corrected chi connectivity index (χ4v) is 2.26. The zero-order chi connectivity index (χ0) is 13.1. The summed E-state index contributed by atoms with van der Waals surface area (Å²) in [6, 6.07) is 5.46. The van der Waals surface area contributed by atoms with Crippen LogP contribution in [0.25, 0.3) is 5.57 Å². The predicted octanol–water partition coefficient (Wildman–Crippen LogP) is 3.46. The number of fused-ring (bicyclic) bond motifs is 1. The second-order valence-electron chi connectivity index (χ2n) is 4.00. The number of hydrogen-bond acceptors (Lipinski definition) is 3. The fraction of sp³-hybridized carbons (Fsp3) is 0.357. The van der Waals surface area contributed by atoms with Crippen molar-refractivity contribution in [2.75, 3.05) is 6.61 Å². The Kier molecular flexibility index (Phi) is 3.92. The van der Waals surface area contributed by atoms with Gasteiger partial charge in [0.1, 0.15) is 11.9 Å². The molecule has 0 N–H and O–H groups in total. The molecule has 0 aromatic heterocycles. The van der Waals surface area contributed by atoms with E-state index in [-0.39, 0.29) is 18.5 Å². The van der Waals surface area contributed by atoms with Crippen LogP contribution >= 0.6 is 11.6 Å². The van der Waals surface area contributed by atoms with Crippen LogP contribution in [0.5, 0.6) is 5.75 Å². The Morgan fingerprint density at radius 2 is 2.33 bits per heavy atom. The van der Waals surface area contributed by atoms with Gasteiger partial charge in [-0.15, -0.1) is 0 Å². The van der Waals surface area contributed by atoms with Gasteiger partial charge in [0.05, 0.1) is 13.0 Å². The third-order valence-corrected chi connectivity index (χ3v) is 3.07. The van der Waals surface area contributed by atoms with Crippen molar-refractivity contribution in [2.24, 2.45) is 0 Å². The van der Waals surface area contributed by atoms with Crippen LogP contribution in [0.3, 0.4) is 0 Å². The van der Waals surface area contributed by atoms with Crippen LogP contribution in [0.2, 0.25) is 5.02 Å². The lowest BCUT2D eigenvalue weighted by atomic mass is 10.0. The Labute approximate surface area is 111 Å². The molecule has 4 heteroatoms. The van der Waals surface area contributed by atoms with Gasteiger partial charge in [0.15, 0.2) is 0 Å². The summed E-state index contributed by atoms with van der Waals surface area (Å²) >= 11 is 5.97. The molecule has 0 spiro atoms. The summed E-state index contributed by atoms with van der Waals surface area (Å²) in [5.41, 5.74) is 1.94. The number of carbonyl (C=O) groups is 1. The van der Waals surface area contributed by atoms with Crippen molar-refractivity contribution in [3.8, 4) is 5.75 Å². The molecule has 0 bridgehead atoms. The summed E-state index contributed by atoms with van der Waals surface area (Å²) in [6.07, 6.45) is 1.90. The highest BCUT2D eigenvalue weighted by atomic mass is 35.5. The molecule has 0 saturated carbocycles. The van der Waals surface area contributed by atoms with E-state index in [4.69, 9.17) is 21.1 Å². The van der Waals surface area contributed by atoms with Crippen molar-refractivity contribution >= 4 is 23.1 Å². The molecule has 1 heterocycles. The zero-order valence-electron chi connectivity index (χ0n) is 10.4. The molecule has 18 heavy (non-hydrogen) atoms. The lowest BCUT2D eigenvalue weighted by Crippen LogP contribution is -2.19. The largest absolute Gasteiger partial charge is 0.484 e. The number of hydrogen-bond donors (Lipinski definition) is 0. The lowest BCUT2D eigenvalue weighted by Gasteiger charge is -2.11.